The van der Waals surface area contributed by atoms with Crippen LogP contribution in [-0.4, -0.2) is 15.6 Å². The normalized spacial score (nSPS) is 23.1. The second-order valence-electron chi connectivity index (χ2n) is 6.44. The first-order valence-corrected chi connectivity index (χ1v) is 7.34. The van der Waals surface area contributed by atoms with Crippen molar-refractivity contribution in [1.29, 1.82) is 0 Å². The van der Waals surface area contributed by atoms with Crippen LogP contribution in [0.2, 0.25) is 0 Å². The second kappa shape index (κ2) is 5.09. The molecule has 2 aromatic heterocycles. The molecule has 4 heteroatoms. The van der Waals surface area contributed by atoms with E-state index < -0.39 is 0 Å². The van der Waals surface area contributed by atoms with Crippen LogP contribution in [0.1, 0.15) is 50.7 Å². The lowest BCUT2D eigenvalue weighted by Gasteiger charge is -2.31. The quantitative estimate of drug-likeness (QED) is 0.929. The van der Waals surface area contributed by atoms with Gasteiger partial charge in [-0.25, -0.2) is 4.98 Å². The Morgan fingerprint density at radius 2 is 2.35 bits per heavy atom. The third kappa shape index (κ3) is 2.40. The lowest BCUT2D eigenvalue weighted by Crippen LogP contribution is -2.41. The molecule has 1 fully saturated rings. The molecule has 1 saturated carbocycles. The number of rotatable bonds is 4. The van der Waals surface area contributed by atoms with Gasteiger partial charge in [-0.05, 0) is 30.4 Å². The summed E-state index contributed by atoms with van der Waals surface area (Å²) in [6, 6.07) is 4.47. The Kier molecular flexibility index (Phi) is 3.42. The number of hydrogen-bond donors (Lipinski definition) is 1. The third-order valence-electron chi connectivity index (χ3n) is 4.57. The van der Waals surface area contributed by atoms with Crippen molar-refractivity contribution in [3.05, 3.63) is 42.4 Å². The minimum absolute atomic E-state index is 0.0207. The Bertz CT molecular complexity index is 556. The predicted molar refractivity (Wildman–Crippen MR) is 78.3 cm³/mol. The van der Waals surface area contributed by atoms with Crippen LogP contribution in [0.5, 0.6) is 0 Å². The molecule has 0 saturated heterocycles. The van der Waals surface area contributed by atoms with Crippen molar-refractivity contribution in [2.75, 3.05) is 0 Å². The number of aryl methyl sites for hydroxylation is 1. The molecule has 0 bridgehead atoms. The van der Waals surface area contributed by atoms with Gasteiger partial charge in [-0.2, -0.15) is 0 Å². The number of aromatic nitrogens is 2. The van der Waals surface area contributed by atoms with Gasteiger partial charge in [0.1, 0.15) is 17.6 Å². The Hall–Kier alpha value is -1.55. The number of hydrogen-bond acceptors (Lipinski definition) is 3. The van der Waals surface area contributed by atoms with E-state index in [1.54, 1.807) is 6.26 Å². The molecule has 2 heterocycles. The molecular formula is C16H23N3O. The van der Waals surface area contributed by atoms with Gasteiger partial charge in [-0.15, -0.1) is 0 Å². The monoisotopic (exact) mass is 273 g/mol. The first-order valence-electron chi connectivity index (χ1n) is 7.34. The zero-order valence-electron chi connectivity index (χ0n) is 12.5. The minimum atomic E-state index is 0.0207. The van der Waals surface area contributed by atoms with Gasteiger partial charge >= 0.3 is 0 Å². The number of furan rings is 1. The summed E-state index contributed by atoms with van der Waals surface area (Å²) >= 11 is 0. The van der Waals surface area contributed by atoms with E-state index in [0.29, 0.717) is 11.5 Å². The van der Waals surface area contributed by atoms with Gasteiger partial charge in [-0.3, -0.25) is 5.32 Å². The lowest BCUT2D eigenvalue weighted by atomic mass is 9.87. The summed E-state index contributed by atoms with van der Waals surface area (Å²) in [6.45, 7) is 4.69. The van der Waals surface area contributed by atoms with E-state index >= 15 is 0 Å². The van der Waals surface area contributed by atoms with Crippen LogP contribution in [0, 0.1) is 5.41 Å². The van der Waals surface area contributed by atoms with Crippen LogP contribution >= 0.6 is 0 Å². The van der Waals surface area contributed by atoms with Gasteiger partial charge in [0.2, 0.25) is 0 Å². The zero-order chi connectivity index (χ0) is 14.2. The molecule has 2 atom stereocenters. The fourth-order valence-corrected chi connectivity index (χ4v) is 3.23. The van der Waals surface area contributed by atoms with Gasteiger partial charge in [0.05, 0.1) is 6.26 Å². The first kappa shape index (κ1) is 13.4. The fourth-order valence-electron chi connectivity index (χ4n) is 3.23. The van der Waals surface area contributed by atoms with Gasteiger partial charge in [0, 0.05) is 25.5 Å². The highest BCUT2D eigenvalue weighted by Gasteiger charge is 2.37. The minimum Gasteiger partial charge on any atom is -0.467 e. The average molecular weight is 273 g/mol. The topological polar surface area (TPSA) is 43.0 Å². The van der Waals surface area contributed by atoms with Crippen LogP contribution in [0.3, 0.4) is 0 Å². The van der Waals surface area contributed by atoms with Crippen molar-refractivity contribution in [1.82, 2.24) is 14.9 Å². The van der Waals surface area contributed by atoms with E-state index in [0.717, 1.165) is 11.6 Å². The maximum absolute atomic E-state index is 5.64. The molecule has 2 unspecified atom stereocenters. The number of nitrogens with one attached hydrogen (secondary N) is 1. The summed E-state index contributed by atoms with van der Waals surface area (Å²) in [4.78, 5) is 4.50. The predicted octanol–water partition coefficient (Wildman–Crippen LogP) is 3.27. The van der Waals surface area contributed by atoms with Crippen molar-refractivity contribution in [3.63, 3.8) is 0 Å². The highest BCUT2D eigenvalue weighted by Crippen LogP contribution is 2.39. The molecule has 0 spiro atoms. The Labute approximate surface area is 120 Å². The summed E-state index contributed by atoms with van der Waals surface area (Å²) in [5.74, 6) is 1.93. The first-order chi connectivity index (χ1) is 9.58. The summed E-state index contributed by atoms with van der Waals surface area (Å²) < 4.78 is 7.69. The van der Waals surface area contributed by atoms with Crippen molar-refractivity contribution in [2.45, 2.75) is 45.2 Å². The van der Waals surface area contributed by atoms with E-state index in [9.17, 15) is 0 Å². The van der Waals surface area contributed by atoms with Crippen LogP contribution < -0.4 is 5.32 Å². The summed E-state index contributed by atoms with van der Waals surface area (Å²) in [6.07, 6.45) is 9.33. The molecule has 2 aromatic rings. The highest BCUT2D eigenvalue weighted by molar-refractivity contribution is 5.16. The van der Waals surface area contributed by atoms with E-state index in [4.69, 9.17) is 4.42 Å². The summed E-state index contributed by atoms with van der Waals surface area (Å²) in [5.41, 5.74) is 0.329. The smallest absolute Gasteiger partial charge is 0.133 e. The van der Waals surface area contributed by atoms with Crippen molar-refractivity contribution >= 4 is 0 Å². The van der Waals surface area contributed by atoms with Crippen LogP contribution in [-0.2, 0) is 7.05 Å². The maximum atomic E-state index is 5.64. The Morgan fingerprint density at radius 1 is 1.50 bits per heavy atom. The summed E-state index contributed by atoms with van der Waals surface area (Å²) in [7, 11) is 2.03. The van der Waals surface area contributed by atoms with Crippen LogP contribution in [0.25, 0.3) is 0 Å². The molecule has 3 rings (SSSR count). The summed E-state index contributed by atoms with van der Waals surface area (Å²) in [5, 5.41) is 3.77. The molecule has 1 aliphatic carbocycles. The standard InChI is InChI=1S/C16H23N3O/c1-16(2)8-4-7-13(16)18-14(12-6-5-11-20-12)15-17-9-10-19(15)3/h5-6,9-11,13-14,18H,4,7-8H2,1-3H3. The van der Waals surface area contributed by atoms with E-state index in [2.05, 4.69) is 28.7 Å². The van der Waals surface area contributed by atoms with Crippen molar-refractivity contribution in [3.8, 4) is 0 Å². The molecule has 1 N–H and O–H groups in total. The van der Waals surface area contributed by atoms with Gasteiger partial charge in [0.15, 0.2) is 0 Å². The van der Waals surface area contributed by atoms with Crippen molar-refractivity contribution < 1.29 is 4.42 Å². The Balaban J connectivity index is 1.89. The molecule has 0 aliphatic heterocycles. The van der Waals surface area contributed by atoms with Crippen LogP contribution in [0.4, 0.5) is 0 Å². The molecule has 0 aromatic carbocycles. The lowest BCUT2D eigenvalue weighted by molar-refractivity contribution is 0.257. The average Bonchev–Trinajstić information content (AvgIpc) is 3.09. The molecule has 108 valence electrons. The van der Waals surface area contributed by atoms with Gasteiger partial charge < -0.3 is 8.98 Å². The molecule has 0 amide bonds. The van der Waals surface area contributed by atoms with Gasteiger partial charge in [0.25, 0.3) is 0 Å². The van der Waals surface area contributed by atoms with Crippen LogP contribution in [0.15, 0.2) is 35.2 Å². The Morgan fingerprint density at radius 3 is 2.90 bits per heavy atom. The largest absolute Gasteiger partial charge is 0.467 e. The molecule has 1 aliphatic rings. The molecule has 4 nitrogen and oxygen atoms in total. The fraction of sp³-hybridized carbons (Fsp3) is 0.562. The zero-order valence-corrected chi connectivity index (χ0v) is 12.5. The van der Waals surface area contributed by atoms with E-state index in [-0.39, 0.29) is 6.04 Å². The SMILES string of the molecule is Cn1ccnc1C(NC1CCCC1(C)C)c1ccco1. The molecule has 20 heavy (non-hydrogen) atoms. The second-order valence-corrected chi connectivity index (χ2v) is 6.44. The number of imidazole rings is 1. The van der Waals surface area contributed by atoms with Crippen molar-refractivity contribution in [2.24, 2.45) is 12.5 Å². The molecule has 0 radical (unpaired) electrons. The third-order valence-corrected chi connectivity index (χ3v) is 4.57. The molecular weight excluding hydrogens is 250 g/mol. The van der Waals surface area contributed by atoms with E-state index in [1.807, 2.05) is 31.6 Å². The number of nitrogens with zero attached hydrogens (tertiary/aromatic N) is 2. The van der Waals surface area contributed by atoms with E-state index in [1.165, 1.54) is 19.3 Å². The maximum Gasteiger partial charge on any atom is 0.133 e. The van der Waals surface area contributed by atoms with Gasteiger partial charge in [-0.1, -0.05) is 20.3 Å². The highest BCUT2D eigenvalue weighted by atomic mass is 16.3.